The van der Waals surface area contributed by atoms with E-state index < -0.39 is 10.0 Å². The summed E-state index contributed by atoms with van der Waals surface area (Å²) < 4.78 is 35.0. The van der Waals surface area contributed by atoms with Crippen LogP contribution in [0.2, 0.25) is 0 Å². The van der Waals surface area contributed by atoms with Crippen LogP contribution in [-0.4, -0.2) is 61.0 Å². The SMILES string of the molecule is Cc1cc(/C=N\NC(=S)NC2CCCCC2)c(C)n1-c1cccc(S(=O)(=O)N2CCOCC2)c1. The second kappa shape index (κ2) is 11.0. The molecule has 0 atom stereocenters. The third-order valence-corrected chi connectivity index (χ3v) is 8.57. The molecule has 2 heterocycles. The monoisotopic (exact) mass is 503 g/mol. The minimum Gasteiger partial charge on any atom is -0.379 e. The van der Waals surface area contributed by atoms with Crippen molar-refractivity contribution in [2.75, 3.05) is 26.3 Å². The molecular formula is C24H33N5O3S2. The van der Waals surface area contributed by atoms with Gasteiger partial charge in [-0.05, 0) is 63.2 Å². The van der Waals surface area contributed by atoms with Crippen LogP contribution in [0.4, 0.5) is 0 Å². The number of rotatable bonds is 6. The van der Waals surface area contributed by atoms with Crippen LogP contribution in [0.1, 0.15) is 49.1 Å². The van der Waals surface area contributed by atoms with E-state index >= 15 is 0 Å². The van der Waals surface area contributed by atoms with Gasteiger partial charge in [0.1, 0.15) is 0 Å². The summed E-state index contributed by atoms with van der Waals surface area (Å²) in [6.45, 7) is 5.58. The summed E-state index contributed by atoms with van der Waals surface area (Å²) in [4.78, 5) is 0.287. The summed E-state index contributed by atoms with van der Waals surface area (Å²) in [6.07, 6.45) is 7.82. The maximum atomic E-state index is 13.1. The zero-order valence-corrected chi connectivity index (χ0v) is 21.4. The summed E-state index contributed by atoms with van der Waals surface area (Å²) in [5, 5.41) is 8.21. The first-order chi connectivity index (χ1) is 16.4. The molecule has 1 aromatic heterocycles. The van der Waals surface area contributed by atoms with E-state index in [1.807, 2.05) is 30.5 Å². The van der Waals surface area contributed by atoms with Gasteiger partial charge < -0.3 is 14.6 Å². The van der Waals surface area contributed by atoms with Crippen molar-refractivity contribution < 1.29 is 13.2 Å². The van der Waals surface area contributed by atoms with Crippen molar-refractivity contribution in [3.8, 4) is 5.69 Å². The number of ether oxygens (including phenoxy) is 1. The highest BCUT2D eigenvalue weighted by Crippen LogP contribution is 2.24. The Morgan fingerprint density at radius 3 is 2.62 bits per heavy atom. The molecule has 8 nitrogen and oxygen atoms in total. The molecular weight excluding hydrogens is 470 g/mol. The molecule has 0 amide bonds. The Balaban J connectivity index is 1.48. The number of nitrogens with zero attached hydrogens (tertiary/aromatic N) is 3. The van der Waals surface area contributed by atoms with Crippen LogP contribution in [-0.2, 0) is 14.8 Å². The fourth-order valence-corrected chi connectivity index (χ4v) is 6.33. The van der Waals surface area contributed by atoms with Gasteiger partial charge in [-0.3, -0.25) is 5.43 Å². The van der Waals surface area contributed by atoms with Gasteiger partial charge in [-0.1, -0.05) is 25.3 Å². The maximum Gasteiger partial charge on any atom is 0.243 e. The lowest BCUT2D eigenvalue weighted by Crippen LogP contribution is -2.40. The van der Waals surface area contributed by atoms with Crippen LogP contribution >= 0.6 is 12.2 Å². The third-order valence-electron chi connectivity index (χ3n) is 6.46. The largest absolute Gasteiger partial charge is 0.379 e. The van der Waals surface area contributed by atoms with Crippen LogP contribution in [0, 0.1) is 13.8 Å². The lowest BCUT2D eigenvalue weighted by atomic mass is 9.96. The molecule has 1 aromatic carbocycles. The topological polar surface area (TPSA) is 88.0 Å². The highest BCUT2D eigenvalue weighted by molar-refractivity contribution is 7.89. The molecule has 2 aliphatic rings. The number of hydrogen-bond acceptors (Lipinski definition) is 5. The molecule has 1 aliphatic heterocycles. The van der Waals surface area contributed by atoms with Gasteiger partial charge in [-0.25, -0.2) is 8.42 Å². The van der Waals surface area contributed by atoms with Crippen molar-refractivity contribution in [3.63, 3.8) is 0 Å². The Morgan fingerprint density at radius 2 is 1.88 bits per heavy atom. The van der Waals surface area contributed by atoms with Gasteiger partial charge in [-0.15, -0.1) is 0 Å². The molecule has 0 radical (unpaired) electrons. The second-order valence-corrected chi connectivity index (χ2v) is 11.2. The average molecular weight is 504 g/mol. The molecule has 1 saturated carbocycles. The van der Waals surface area contributed by atoms with Gasteiger partial charge in [0.2, 0.25) is 10.0 Å². The van der Waals surface area contributed by atoms with E-state index in [1.54, 1.807) is 24.4 Å². The van der Waals surface area contributed by atoms with Gasteiger partial charge in [0.15, 0.2) is 5.11 Å². The third kappa shape index (κ3) is 5.68. The van der Waals surface area contributed by atoms with E-state index in [4.69, 9.17) is 17.0 Å². The van der Waals surface area contributed by atoms with E-state index in [0.717, 1.165) is 35.5 Å². The quantitative estimate of drug-likeness (QED) is 0.358. The lowest BCUT2D eigenvalue weighted by Gasteiger charge is -2.26. The van der Waals surface area contributed by atoms with Crippen molar-refractivity contribution in [3.05, 3.63) is 47.3 Å². The molecule has 10 heteroatoms. The molecule has 1 saturated heterocycles. The molecule has 2 N–H and O–H groups in total. The predicted octanol–water partition coefficient (Wildman–Crippen LogP) is 3.25. The van der Waals surface area contributed by atoms with Gasteiger partial charge in [-0.2, -0.15) is 9.41 Å². The molecule has 0 spiro atoms. The minimum atomic E-state index is -3.57. The van der Waals surface area contributed by atoms with Crippen molar-refractivity contribution in [1.29, 1.82) is 0 Å². The number of hydrogen-bond donors (Lipinski definition) is 2. The highest BCUT2D eigenvalue weighted by Gasteiger charge is 2.26. The Labute approximate surface area is 207 Å². The number of morpholine rings is 1. The zero-order chi connectivity index (χ0) is 24.1. The van der Waals surface area contributed by atoms with Gasteiger partial charge in [0.25, 0.3) is 0 Å². The van der Waals surface area contributed by atoms with Crippen LogP contribution in [0.15, 0.2) is 40.3 Å². The molecule has 1 aliphatic carbocycles. The Bertz CT molecular complexity index is 1150. The van der Waals surface area contributed by atoms with Gasteiger partial charge in [0, 0.05) is 41.8 Å². The number of benzene rings is 1. The van der Waals surface area contributed by atoms with Crippen molar-refractivity contribution in [2.45, 2.75) is 56.9 Å². The van der Waals surface area contributed by atoms with E-state index in [9.17, 15) is 8.42 Å². The predicted molar refractivity (Wildman–Crippen MR) is 138 cm³/mol. The Kier molecular flexibility index (Phi) is 8.02. The molecule has 4 rings (SSSR count). The van der Waals surface area contributed by atoms with Crippen molar-refractivity contribution in [2.24, 2.45) is 5.10 Å². The highest BCUT2D eigenvalue weighted by atomic mass is 32.2. The van der Waals surface area contributed by atoms with Crippen LogP contribution in [0.25, 0.3) is 5.69 Å². The normalized spacial score (nSPS) is 18.3. The number of nitrogens with one attached hydrogen (secondary N) is 2. The molecule has 34 heavy (non-hydrogen) atoms. The van der Waals surface area contributed by atoms with Gasteiger partial charge >= 0.3 is 0 Å². The summed E-state index contributed by atoms with van der Waals surface area (Å²) in [5.41, 5.74) is 6.62. The smallest absolute Gasteiger partial charge is 0.243 e. The number of sulfonamides is 1. The second-order valence-electron chi connectivity index (χ2n) is 8.85. The summed E-state index contributed by atoms with van der Waals surface area (Å²) in [5.74, 6) is 0. The van der Waals surface area contributed by atoms with Crippen LogP contribution in [0.3, 0.4) is 0 Å². The maximum absolute atomic E-state index is 13.1. The van der Waals surface area contributed by atoms with Crippen LogP contribution in [0.5, 0.6) is 0 Å². The average Bonchev–Trinajstić information content (AvgIpc) is 3.13. The van der Waals surface area contributed by atoms with E-state index in [-0.39, 0.29) is 4.90 Å². The number of aromatic nitrogens is 1. The number of aryl methyl sites for hydroxylation is 1. The standard InChI is InChI=1S/C24H33N5O3S2/c1-18-15-20(17-25-27-24(33)26-21-7-4-3-5-8-21)19(2)29(18)22-9-6-10-23(16-22)34(30,31)28-11-13-32-14-12-28/h6,9-10,15-17,21H,3-5,7-8,11-14H2,1-2H3,(H2,26,27,33)/b25-17-. The zero-order valence-electron chi connectivity index (χ0n) is 19.8. The molecule has 2 aromatic rings. The fraction of sp³-hybridized carbons (Fsp3) is 0.500. The number of thiocarbonyl (C=S) groups is 1. The summed E-state index contributed by atoms with van der Waals surface area (Å²) in [6, 6.07) is 9.53. The van der Waals surface area contributed by atoms with Crippen LogP contribution < -0.4 is 10.7 Å². The van der Waals surface area contributed by atoms with Gasteiger partial charge in [0.05, 0.1) is 24.3 Å². The first-order valence-electron chi connectivity index (χ1n) is 11.8. The first kappa shape index (κ1) is 24.8. The Morgan fingerprint density at radius 1 is 1.15 bits per heavy atom. The molecule has 0 unspecified atom stereocenters. The summed E-state index contributed by atoms with van der Waals surface area (Å²) >= 11 is 5.38. The van der Waals surface area contributed by atoms with Crippen molar-refractivity contribution in [1.82, 2.24) is 19.6 Å². The summed E-state index contributed by atoms with van der Waals surface area (Å²) in [7, 11) is -3.57. The van der Waals surface area contributed by atoms with E-state index in [0.29, 0.717) is 37.5 Å². The minimum absolute atomic E-state index is 0.287. The van der Waals surface area contributed by atoms with E-state index in [1.165, 1.54) is 23.6 Å². The molecule has 184 valence electrons. The Hall–Kier alpha value is -2.27. The molecule has 2 fully saturated rings. The lowest BCUT2D eigenvalue weighted by molar-refractivity contribution is 0.0730. The number of hydrazone groups is 1. The first-order valence-corrected chi connectivity index (χ1v) is 13.7. The fourth-order valence-electron chi connectivity index (χ4n) is 4.66. The molecule has 0 bridgehead atoms. The van der Waals surface area contributed by atoms with Crippen molar-refractivity contribution >= 4 is 33.6 Å². The van der Waals surface area contributed by atoms with E-state index in [2.05, 4.69) is 15.8 Å².